The molecule has 0 aliphatic heterocycles. The fourth-order valence-corrected chi connectivity index (χ4v) is 4.38. The molecule has 0 saturated heterocycles. The molecular formula is C23H23FN2O4S. The van der Waals surface area contributed by atoms with Gasteiger partial charge in [0.1, 0.15) is 22.5 Å². The number of halogens is 1. The minimum absolute atomic E-state index is 0.103. The predicted octanol–water partition coefficient (Wildman–Crippen LogP) is 3.04. The monoisotopic (exact) mass is 442 g/mol. The molecule has 0 fully saturated rings. The smallest absolute Gasteiger partial charge is 0.244 e. The Morgan fingerprint density at radius 2 is 1.61 bits per heavy atom. The zero-order valence-corrected chi connectivity index (χ0v) is 17.7. The molecule has 0 heterocycles. The first-order valence-corrected chi connectivity index (χ1v) is 11.1. The highest BCUT2D eigenvalue weighted by molar-refractivity contribution is 7.89. The van der Waals surface area contributed by atoms with Crippen LogP contribution in [0.3, 0.4) is 0 Å². The average molecular weight is 443 g/mol. The predicted molar refractivity (Wildman–Crippen MR) is 115 cm³/mol. The standard InChI is InChI=1S/C23H23FN2O4S/c1-30-21-13-7-5-11-18(21)16-25-23(27)20(15-17-9-3-2-4-10-17)26-31(28,29)22-14-8-6-12-19(22)24/h2-14,20,26H,15-16H2,1H3,(H,25,27)/t20-/m1/s1. The molecule has 8 heteroatoms. The summed E-state index contributed by atoms with van der Waals surface area (Å²) in [4.78, 5) is 12.4. The minimum atomic E-state index is -4.26. The van der Waals surface area contributed by atoms with Crippen molar-refractivity contribution in [2.75, 3.05) is 7.11 Å². The number of amides is 1. The molecule has 0 saturated carbocycles. The average Bonchev–Trinajstić information content (AvgIpc) is 2.78. The highest BCUT2D eigenvalue weighted by Gasteiger charge is 2.28. The number of hydrogen-bond donors (Lipinski definition) is 2. The van der Waals surface area contributed by atoms with Gasteiger partial charge in [-0.2, -0.15) is 4.72 Å². The van der Waals surface area contributed by atoms with Crippen molar-refractivity contribution < 1.29 is 22.3 Å². The summed E-state index contributed by atoms with van der Waals surface area (Å²) in [6.07, 6.45) is 0.103. The lowest BCUT2D eigenvalue weighted by atomic mass is 10.1. The second-order valence-corrected chi connectivity index (χ2v) is 8.51. The van der Waals surface area contributed by atoms with Crippen LogP contribution in [0.5, 0.6) is 5.75 Å². The molecule has 0 aromatic heterocycles. The minimum Gasteiger partial charge on any atom is -0.496 e. The van der Waals surface area contributed by atoms with Gasteiger partial charge in [0, 0.05) is 12.1 Å². The molecule has 6 nitrogen and oxygen atoms in total. The van der Waals surface area contributed by atoms with E-state index in [1.165, 1.54) is 19.2 Å². The van der Waals surface area contributed by atoms with E-state index in [-0.39, 0.29) is 13.0 Å². The van der Waals surface area contributed by atoms with E-state index in [1.807, 2.05) is 18.2 Å². The van der Waals surface area contributed by atoms with Crippen molar-refractivity contribution in [2.24, 2.45) is 0 Å². The van der Waals surface area contributed by atoms with E-state index in [0.29, 0.717) is 5.75 Å². The topological polar surface area (TPSA) is 84.5 Å². The van der Waals surface area contributed by atoms with Crippen molar-refractivity contribution in [3.05, 3.63) is 95.8 Å². The van der Waals surface area contributed by atoms with Crippen LogP contribution < -0.4 is 14.8 Å². The molecule has 0 unspecified atom stereocenters. The van der Waals surface area contributed by atoms with Crippen molar-refractivity contribution in [2.45, 2.75) is 23.9 Å². The highest BCUT2D eigenvalue weighted by atomic mass is 32.2. The molecule has 2 N–H and O–H groups in total. The Bertz CT molecular complexity index is 1140. The van der Waals surface area contributed by atoms with Gasteiger partial charge >= 0.3 is 0 Å². The fraction of sp³-hybridized carbons (Fsp3) is 0.174. The lowest BCUT2D eigenvalue weighted by Gasteiger charge is -2.19. The molecule has 31 heavy (non-hydrogen) atoms. The number of benzene rings is 3. The number of carbonyl (C=O) groups is 1. The summed E-state index contributed by atoms with van der Waals surface area (Å²) in [6, 6.07) is 20.1. The third kappa shape index (κ3) is 5.90. The number of hydrogen-bond acceptors (Lipinski definition) is 4. The number of carbonyl (C=O) groups excluding carboxylic acids is 1. The van der Waals surface area contributed by atoms with Gasteiger partial charge in [-0.1, -0.05) is 60.7 Å². The summed E-state index contributed by atoms with van der Waals surface area (Å²) in [6.45, 7) is 0.148. The Hall–Kier alpha value is -3.23. The molecule has 0 spiro atoms. The molecule has 3 rings (SSSR count). The lowest BCUT2D eigenvalue weighted by Crippen LogP contribution is -2.47. The summed E-state index contributed by atoms with van der Waals surface area (Å²) in [5.74, 6) is -0.813. The molecule has 162 valence electrons. The van der Waals surface area contributed by atoms with Gasteiger partial charge in [-0.15, -0.1) is 0 Å². The maximum atomic E-state index is 14.1. The highest BCUT2D eigenvalue weighted by Crippen LogP contribution is 2.18. The van der Waals surface area contributed by atoms with Crippen molar-refractivity contribution in [1.82, 2.24) is 10.0 Å². The number of nitrogens with one attached hydrogen (secondary N) is 2. The van der Waals surface area contributed by atoms with Crippen molar-refractivity contribution in [1.29, 1.82) is 0 Å². The van der Waals surface area contributed by atoms with Gasteiger partial charge < -0.3 is 10.1 Å². The van der Waals surface area contributed by atoms with E-state index in [1.54, 1.807) is 36.4 Å². The van der Waals surface area contributed by atoms with Crippen molar-refractivity contribution in [3.8, 4) is 5.75 Å². The van der Waals surface area contributed by atoms with Gasteiger partial charge in [-0.25, -0.2) is 12.8 Å². The van der Waals surface area contributed by atoms with Gasteiger partial charge in [0.2, 0.25) is 15.9 Å². The first-order chi connectivity index (χ1) is 14.9. The normalized spacial score (nSPS) is 12.2. The third-order valence-electron chi connectivity index (χ3n) is 4.67. The zero-order chi connectivity index (χ0) is 22.3. The van der Waals surface area contributed by atoms with Crippen LogP contribution in [0.25, 0.3) is 0 Å². The number of para-hydroxylation sites is 1. The summed E-state index contributed by atoms with van der Waals surface area (Å²) < 4.78 is 47.3. The maximum Gasteiger partial charge on any atom is 0.244 e. The molecule has 0 bridgehead atoms. The van der Waals surface area contributed by atoms with Crippen LogP contribution >= 0.6 is 0 Å². The second-order valence-electron chi connectivity index (χ2n) is 6.82. The number of ether oxygens (including phenoxy) is 1. The third-order valence-corrected chi connectivity index (χ3v) is 6.17. The van der Waals surface area contributed by atoms with Crippen LogP contribution in [0.4, 0.5) is 4.39 Å². The fourth-order valence-electron chi connectivity index (χ4n) is 3.11. The van der Waals surface area contributed by atoms with Crippen LogP contribution in [0.15, 0.2) is 83.8 Å². The summed E-state index contributed by atoms with van der Waals surface area (Å²) in [5, 5.41) is 2.74. The van der Waals surface area contributed by atoms with E-state index in [0.717, 1.165) is 23.3 Å². The summed E-state index contributed by atoms with van der Waals surface area (Å²) in [5.41, 5.74) is 1.50. The molecule has 1 atom stereocenters. The van der Waals surface area contributed by atoms with Crippen molar-refractivity contribution in [3.63, 3.8) is 0 Å². The molecule has 0 aliphatic rings. The Kier molecular flexibility index (Phi) is 7.38. The quantitative estimate of drug-likeness (QED) is 0.534. The van der Waals surface area contributed by atoms with E-state index in [9.17, 15) is 17.6 Å². The first-order valence-electron chi connectivity index (χ1n) is 9.61. The molecule has 0 aliphatic carbocycles. The zero-order valence-electron chi connectivity index (χ0n) is 16.9. The van der Waals surface area contributed by atoms with Crippen LogP contribution in [0.2, 0.25) is 0 Å². The van der Waals surface area contributed by atoms with Crippen LogP contribution in [-0.4, -0.2) is 27.5 Å². The molecular weight excluding hydrogens is 419 g/mol. The molecule has 3 aromatic carbocycles. The van der Waals surface area contributed by atoms with Crippen LogP contribution in [0.1, 0.15) is 11.1 Å². The second kappa shape index (κ2) is 10.2. The molecule has 0 radical (unpaired) electrons. The number of sulfonamides is 1. The Morgan fingerprint density at radius 3 is 2.32 bits per heavy atom. The lowest BCUT2D eigenvalue weighted by molar-refractivity contribution is -0.122. The van der Waals surface area contributed by atoms with E-state index in [2.05, 4.69) is 10.0 Å². The Labute approximate surface area is 181 Å². The van der Waals surface area contributed by atoms with E-state index in [4.69, 9.17) is 4.74 Å². The van der Waals surface area contributed by atoms with Crippen LogP contribution in [-0.2, 0) is 27.8 Å². The Morgan fingerprint density at radius 1 is 0.968 bits per heavy atom. The molecule has 1 amide bonds. The number of rotatable bonds is 9. The Balaban J connectivity index is 1.82. The number of methoxy groups -OCH3 is 1. The van der Waals surface area contributed by atoms with Gasteiger partial charge in [-0.05, 0) is 30.2 Å². The maximum absolute atomic E-state index is 14.1. The first kappa shape index (κ1) is 22.5. The largest absolute Gasteiger partial charge is 0.496 e. The summed E-state index contributed by atoms with van der Waals surface area (Å²) >= 11 is 0. The van der Waals surface area contributed by atoms with Crippen molar-refractivity contribution >= 4 is 15.9 Å². The SMILES string of the molecule is COc1ccccc1CNC(=O)[C@@H](Cc1ccccc1)NS(=O)(=O)c1ccccc1F. The van der Waals surface area contributed by atoms with Gasteiger partial charge in [-0.3, -0.25) is 4.79 Å². The van der Waals surface area contributed by atoms with Gasteiger partial charge in [0.15, 0.2) is 0 Å². The molecule has 3 aromatic rings. The summed E-state index contributed by atoms with van der Waals surface area (Å²) in [7, 11) is -2.73. The van der Waals surface area contributed by atoms with Crippen LogP contribution in [0, 0.1) is 5.82 Å². The van der Waals surface area contributed by atoms with Gasteiger partial charge in [0.25, 0.3) is 0 Å². The van der Waals surface area contributed by atoms with Gasteiger partial charge in [0.05, 0.1) is 7.11 Å². The van der Waals surface area contributed by atoms with E-state index >= 15 is 0 Å². The van der Waals surface area contributed by atoms with E-state index < -0.39 is 32.7 Å².